The van der Waals surface area contributed by atoms with Crippen LogP contribution in [0.2, 0.25) is 0 Å². The van der Waals surface area contributed by atoms with Gasteiger partial charge in [0.25, 0.3) is 0 Å². The molecule has 0 spiro atoms. The van der Waals surface area contributed by atoms with Crippen LogP contribution in [0.1, 0.15) is 0 Å². The van der Waals surface area contributed by atoms with Gasteiger partial charge in [-0.15, -0.1) is 0 Å². The molecule has 2 aromatic rings. The van der Waals surface area contributed by atoms with E-state index >= 15 is 0 Å². The molecule has 0 amide bonds. The summed E-state index contributed by atoms with van der Waals surface area (Å²) in [5, 5.41) is 15.8. The Morgan fingerprint density at radius 1 is 1.44 bits per heavy atom. The highest BCUT2D eigenvalue weighted by Gasteiger charge is 2.12. The van der Waals surface area contributed by atoms with Gasteiger partial charge in [0, 0.05) is 17.7 Å². The Morgan fingerprint density at radius 3 is 2.75 bits per heavy atom. The Kier molecular flexibility index (Phi) is 2.40. The Hall–Kier alpha value is -2.24. The van der Waals surface area contributed by atoms with E-state index in [1.54, 1.807) is 0 Å². The number of phenols is 1. The minimum atomic E-state index is -0.529. The number of rotatable bonds is 2. The summed E-state index contributed by atoms with van der Waals surface area (Å²) in [6.45, 7) is 0. The molecule has 0 bridgehead atoms. The number of nitrogen functional groups attached to an aromatic ring is 1. The van der Waals surface area contributed by atoms with Crippen LogP contribution in [0.5, 0.6) is 11.5 Å². The van der Waals surface area contributed by atoms with Gasteiger partial charge in [-0.2, -0.15) is 5.10 Å². The number of methoxy groups -OCH3 is 1. The number of halogens is 1. The molecule has 0 aliphatic heterocycles. The average Bonchev–Trinajstić information content (AvgIpc) is 2.67. The maximum Gasteiger partial charge on any atom is 0.163 e. The van der Waals surface area contributed by atoms with Crippen LogP contribution in [0.3, 0.4) is 0 Å². The molecular weight excluding hydrogens is 213 g/mol. The van der Waals surface area contributed by atoms with Crippen molar-refractivity contribution in [1.29, 1.82) is 0 Å². The van der Waals surface area contributed by atoms with Gasteiger partial charge in [-0.3, -0.25) is 5.10 Å². The van der Waals surface area contributed by atoms with Crippen molar-refractivity contribution < 1.29 is 14.2 Å². The van der Waals surface area contributed by atoms with Gasteiger partial charge < -0.3 is 15.6 Å². The number of anilines is 1. The lowest BCUT2D eigenvalue weighted by atomic mass is 10.1. The lowest BCUT2D eigenvalue weighted by molar-refractivity contribution is 0.370. The summed E-state index contributed by atoms with van der Waals surface area (Å²) in [7, 11) is 1.35. The number of phenolic OH excluding ortho intramolecular Hbond substituents is 1. The number of nitrogens with two attached hydrogens (primary N) is 1. The van der Waals surface area contributed by atoms with Crippen LogP contribution < -0.4 is 10.5 Å². The Morgan fingerprint density at radius 2 is 2.19 bits per heavy atom. The molecule has 16 heavy (non-hydrogen) atoms. The molecule has 0 atom stereocenters. The lowest BCUT2D eigenvalue weighted by Crippen LogP contribution is -1.89. The van der Waals surface area contributed by atoms with Crippen molar-refractivity contribution in [3.8, 4) is 22.8 Å². The summed E-state index contributed by atoms with van der Waals surface area (Å²) < 4.78 is 18.4. The molecule has 0 fully saturated rings. The van der Waals surface area contributed by atoms with E-state index in [1.807, 2.05) is 0 Å². The third kappa shape index (κ3) is 1.65. The molecule has 1 aromatic heterocycles. The minimum Gasteiger partial charge on any atom is -0.504 e. The van der Waals surface area contributed by atoms with Crippen molar-refractivity contribution in [3.63, 3.8) is 0 Å². The number of aromatic amines is 1. The zero-order valence-electron chi connectivity index (χ0n) is 8.49. The van der Waals surface area contributed by atoms with Crippen LogP contribution in [0, 0.1) is 5.82 Å². The van der Waals surface area contributed by atoms with Crippen molar-refractivity contribution >= 4 is 5.82 Å². The zero-order chi connectivity index (χ0) is 11.7. The van der Waals surface area contributed by atoms with Crippen LogP contribution >= 0.6 is 0 Å². The third-order valence-electron chi connectivity index (χ3n) is 2.16. The fourth-order valence-corrected chi connectivity index (χ4v) is 1.39. The SMILES string of the molecule is COc1cc(F)c(-c2cc(N)n[nH]2)cc1O. The smallest absolute Gasteiger partial charge is 0.163 e. The second-order valence-electron chi connectivity index (χ2n) is 3.21. The summed E-state index contributed by atoms with van der Waals surface area (Å²) in [4.78, 5) is 0. The number of hydrogen-bond donors (Lipinski definition) is 3. The highest BCUT2D eigenvalue weighted by molar-refractivity contribution is 5.66. The van der Waals surface area contributed by atoms with E-state index in [0.29, 0.717) is 5.69 Å². The van der Waals surface area contributed by atoms with Gasteiger partial charge in [0.15, 0.2) is 11.5 Å². The first-order chi connectivity index (χ1) is 7.61. The van der Waals surface area contributed by atoms with Gasteiger partial charge >= 0.3 is 0 Å². The van der Waals surface area contributed by atoms with Gasteiger partial charge in [-0.25, -0.2) is 4.39 Å². The second kappa shape index (κ2) is 3.73. The van der Waals surface area contributed by atoms with Crippen molar-refractivity contribution in [2.45, 2.75) is 0 Å². The van der Waals surface area contributed by atoms with Gasteiger partial charge in [-0.05, 0) is 6.07 Å². The van der Waals surface area contributed by atoms with E-state index in [4.69, 9.17) is 10.5 Å². The van der Waals surface area contributed by atoms with E-state index in [2.05, 4.69) is 10.2 Å². The number of H-pyrrole nitrogens is 1. The Balaban J connectivity index is 2.54. The molecule has 0 aliphatic carbocycles. The van der Waals surface area contributed by atoms with Gasteiger partial charge in [0.2, 0.25) is 0 Å². The highest BCUT2D eigenvalue weighted by atomic mass is 19.1. The number of hydrogen-bond acceptors (Lipinski definition) is 4. The second-order valence-corrected chi connectivity index (χ2v) is 3.21. The summed E-state index contributed by atoms with van der Waals surface area (Å²) in [6.07, 6.45) is 0. The molecule has 0 aliphatic rings. The number of aromatic hydroxyl groups is 1. The molecule has 4 N–H and O–H groups in total. The van der Waals surface area contributed by atoms with Crippen LogP contribution in [-0.4, -0.2) is 22.4 Å². The molecule has 1 heterocycles. The quantitative estimate of drug-likeness (QED) is 0.720. The monoisotopic (exact) mass is 223 g/mol. The third-order valence-corrected chi connectivity index (χ3v) is 2.16. The molecule has 0 saturated carbocycles. The fraction of sp³-hybridized carbons (Fsp3) is 0.100. The van der Waals surface area contributed by atoms with Crippen molar-refractivity contribution in [3.05, 3.63) is 24.0 Å². The first kappa shape index (κ1) is 10.3. The minimum absolute atomic E-state index is 0.0775. The molecule has 2 rings (SSSR count). The Bertz CT molecular complexity index is 525. The molecule has 5 nitrogen and oxygen atoms in total. The molecule has 0 saturated heterocycles. The van der Waals surface area contributed by atoms with E-state index in [1.165, 1.54) is 19.2 Å². The topological polar surface area (TPSA) is 84.2 Å². The predicted molar refractivity (Wildman–Crippen MR) is 56.6 cm³/mol. The summed E-state index contributed by atoms with van der Waals surface area (Å²) in [6, 6.07) is 3.83. The summed E-state index contributed by atoms with van der Waals surface area (Å²) >= 11 is 0. The molecule has 0 radical (unpaired) electrons. The molecule has 1 aromatic carbocycles. The number of benzene rings is 1. The van der Waals surface area contributed by atoms with E-state index < -0.39 is 5.82 Å². The zero-order valence-corrected chi connectivity index (χ0v) is 8.49. The summed E-state index contributed by atoms with van der Waals surface area (Å²) in [5.74, 6) is -0.344. The predicted octanol–water partition coefficient (Wildman–Crippen LogP) is 1.51. The van der Waals surface area contributed by atoms with Crippen LogP contribution in [0.25, 0.3) is 11.3 Å². The van der Waals surface area contributed by atoms with E-state index in [-0.39, 0.29) is 22.9 Å². The first-order valence-electron chi connectivity index (χ1n) is 4.49. The van der Waals surface area contributed by atoms with Gasteiger partial charge in [0.1, 0.15) is 11.6 Å². The van der Waals surface area contributed by atoms with E-state index in [0.717, 1.165) is 6.07 Å². The largest absolute Gasteiger partial charge is 0.504 e. The van der Waals surface area contributed by atoms with Gasteiger partial charge in [0.05, 0.1) is 12.8 Å². The van der Waals surface area contributed by atoms with Crippen molar-refractivity contribution in [1.82, 2.24) is 10.2 Å². The standard InChI is InChI=1S/C10H10FN3O2/c1-16-9-3-6(11)5(2-8(9)15)7-4-10(12)14-13-7/h2-4,15H,1H3,(H3,12,13,14). The summed E-state index contributed by atoms with van der Waals surface area (Å²) in [5.41, 5.74) is 5.99. The van der Waals surface area contributed by atoms with E-state index in [9.17, 15) is 9.50 Å². The maximum absolute atomic E-state index is 13.6. The van der Waals surface area contributed by atoms with Crippen molar-refractivity contribution in [2.24, 2.45) is 0 Å². The lowest BCUT2D eigenvalue weighted by Gasteiger charge is -2.06. The average molecular weight is 223 g/mol. The number of ether oxygens (including phenoxy) is 1. The van der Waals surface area contributed by atoms with Crippen LogP contribution in [0.4, 0.5) is 10.2 Å². The molecular formula is C10H10FN3O2. The molecule has 84 valence electrons. The highest BCUT2D eigenvalue weighted by Crippen LogP contribution is 2.33. The normalized spacial score (nSPS) is 10.4. The number of aromatic nitrogens is 2. The number of nitrogens with zero attached hydrogens (tertiary/aromatic N) is 1. The number of nitrogens with one attached hydrogen (secondary N) is 1. The maximum atomic E-state index is 13.6. The fourth-order valence-electron chi connectivity index (χ4n) is 1.39. The van der Waals surface area contributed by atoms with Crippen LogP contribution in [-0.2, 0) is 0 Å². The molecule has 0 unspecified atom stereocenters. The van der Waals surface area contributed by atoms with Crippen LogP contribution in [0.15, 0.2) is 18.2 Å². The molecule has 6 heteroatoms. The van der Waals surface area contributed by atoms with Crippen molar-refractivity contribution in [2.75, 3.05) is 12.8 Å². The Labute approximate surface area is 90.7 Å². The van der Waals surface area contributed by atoms with Gasteiger partial charge in [-0.1, -0.05) is 0 Å². The first-order valence-corrected chi connectivity index (χ1v) is 4.49.